The molecule has 26 heteroatoms. The van der Waals surface area contributed by atoms with Gasteiger partial charge in [-0.05, 0) is 57.2 Å². The van der Waals surface area contributed by atoms with Crippen LogP contribution in [0.3, 0.4) is 0 Å². The first-order chi connectivity index (χ1) is 33.1. The molecule has 5 aromatic rings. The minimum atomic E-state index is -0.547. The number of imidazole rings is 3. The molecule has 370 valence electrons. The fourth-order valence-electron chi connectivity index (χ4n) is 6.62. The number of hydrogen-bond donors (Lipinski definition) is 12. The first-order valence-corrected chi connectivity index (χ1v) is 22.2. The number of nitrogens with zero attached hydrogens (tertiary/aromatic N) is 6. The number of nitrogens with two attached hydrogens (primary N) is 1. The van der Waals surface area contributed by atoms with Crippen LogP contribution in [0.1, 0.15) is 80.9 Å². The quantitative estimate of drug-likeness (QED) is 0.0268. The third-order valence-electron chi connectivity index (χ3n) is 10.2. The molecule has 26 nitrogen and oxygen atoms in total. The van der Waals surface area contributed by atoms with Crippen molar-refractivity contribution in [3.05, 3.63) is 83.7 Å². The summed E-state index contributed by atoms with van der Waals surface area (Å²) >= 11 is 0. The van der Waals surface area contributed by atoms with E-state index in [-0.39, 0.29) is 105 Å². The fourth-order valence-corrected chi connectivity index (χ4v) is 6.62. The summed E-state index contributed by atoms with van der Waals surface area (Å²) in [5.74, 6) is -2.32. The Labute approximate surface area is 396 Å². The normalized spacial score (nSPS) is 10.9. The van der Waals surface area contributed by atoms with Crippen molar-refractivity contribution in [2.75, 3.05) is 68.8 Å². The van der Waals surface area contributed by atoms with Crippen LogP contribution in [0.15, 0.2) is 49.3 Å². The summed E-state index contributed by atoms with van der Waals surface area (Å²) in [6.45, 7) is 3.29. The number of nitrogens with one attached hydrogen (secondary N) is 11. The van der Waals surface area contributed by atoms with Crippen LogP contribution in [-0.2, 0) is 57.5 Å². The summed E-state index contributed by atoms with van der Waals surface area (Å²) in [5, 5.41) is 21.5. The number of rotatable bonds is 28. The predicted octanol–water partition coefficient (Wildman–Crippen LogP) is -1.00. The van der Waals surface area contributed by atoms with Crippen molar-refractivity contribution in [1.29, 1.82) is 0 Å². The average molecular weight is 957 g/mol. The van der Waals surface area contributed by atoms with Crippen molar-refractivity contribution in [2.45, 2.75) is 51.5 Å². The van der Waals surface area contributed by atoms with Crippen LogP contribution in [0.25, 0.3) is 0 Å². The Balaban J connectivity index is 0.904. The summed E-state index contributed by atoms with van der Waals surface area (Å²) in [4.78, 5) is 123. The van der Waals surface area contributed by atoms with Crippen LogP contribution < -0.4 is 48.3 Å². The Morgan fingerprint density at radius 1 is 0.652 bits per heavy atom. The average Bonchev–Trinajstić information content (AvgIpc) is 4.17. The number of aromatic amines is 3. The second kappa shape index (κ2) is 26.3. The molecule has 0 radical (unpaired) electrons. The topological polar surface area (TPSA) is 358 Å². The molecule has 0 spiro atoms. The van der Waals surface area contributed by atoms with Gasteiger partial charge in [-0.2, -0.15) is 0 Å². The zero-order valence-corrected chi connectivity index (χ0v) is 38.8. The number of carbonyl (C=O) groups is 8. The molecule has 0 aliphatic rings. The zero-order valence-electron chi connectivity index (χ0n) is 38.8. The first kappa shape index (κ1) is 51.8. The van der Waals surface area contributed by atoms with Crippen LogP contribution >= 0.6 is 0 Å². The molecule has 13 N–H and O–H groups in total. The van der Waals surface area contributed by atoms with Gasteiger partial charge in [0.05, 0.1) is 18.5 Å². The van der Waals surface area contributed by atoms with Crippen molar-refractivity contribution >= 4 is 64.6 Å². The predicted molar refractivity (Wildman–Crippen MR) is 251 cm³/mol. The van der Waals surface area contributed by atoms with Gasteiger partial charge in [0, 0.05) is 109 Å². The van der Waals surface area contributed by atoms with Crippen LogP contribution in [0.4, 0.5) is 17.3 Å². The highest BCUT2D eigenvalue weighted by molar-refractivity contribution is 6.03. The minimum absolute atomic E-state index is 0.00123. The van der Waals surface area contributed by atoms with E-state index in [2.05, 4.69) is 77.3 Å². The molecule has 0 saturated carbocycles. The molecular formula is C43H60N18O8. The molecule has 5 aromatic heterocycles. The van der Waals surface area contributed by atoms with Crippen molar-refractivity contribution in [1.82, 2.24) is 70.5 Å². The van der Waals surface area contributed by atoms with Gasteiger partial charge in [-0.3, -0.25) is 38.4 Å². The van der Waals surface area contributed by atoms with Crippen LogP contribution in [0.2, 0.25) is 0 Å². The van der Waals surface area contributed by atoms with E-state index in [1.807, 2.05) is 7.05 Å². The van der Waals surface area contributed by atoms with Gasteiger partial charge < -0.3 is 77.3 Å². The molecule has 0 atom stereocenters. The Morgan fingerprint density at radius 2 is 1.30 bits per heavy atom. The van der Waals surface area contributed by atoms with Gasteiger partial charge in [-0.25, -0.2) is 15.0 Å². The molecule has 0 aromatic carbocycles. The van der Waals surface area contributed by atoms with Gasteiger partial charge in [-0.15, -0.1) is 0 Å². The zero-order chi connectivity index (χ0) is 49.7. The van der Waals surface area contributed by atoms with Gasteiger partial charge in [0.1, 0.15) is 11.5 Å². The Hall–Kier alpha value is -8.13. The maximum absolute atomic E-state index is 12.8. The minimum Gasteiger partial charge on any atom is -0.364 e. The summed E-state index contributed by atoms with van der Waals surface area (Å²) in [5.41, 5.74) is 7.43. The van der Waals surface area contributed by atoms with Gasteiger partial charge >= 0.3 is 0 Å². The SMILES string of the molecule is CN(CCCN)CCCNC(=O)CCNC(=O)Cc1nc(NC(=O)CCNC(=O)Cc2cc(CNC(=O)c3nc(NC(=O)CCNC(=O)c4cc(NC(=O)c5nccn5C)cn4C)c[nH]3)c[nH]2)c[nH]1. The van der Waals surface area contributed by atoms with E-state index < -0.39 is 29.5 Å². The van der Waals surface area contributed by atoms with Crippen LogP contribution in [0.5, 0.6) is 0 Å². The Morgan fingerprint density at radius 3 is 2.01 bits per heavy atom. The summed E-state index contributed by atoms with van der Waals surface area (Å²) < 4.78 is 3.11. The number of carbonyl (C=O) groups excluding carboxylic acids is 8. The maximum Gasteiger partial charge on any atom is 0.291 e. The largest absolute Gasteiger partial charge is 0.364 e. The number of H-pyrrole nitrogens is 3. The highest BCUT2D eigenvalue weighted by atomic mass is 16.2. The van der Waals surface area contributed by atoms with Crippen LogP contribution in [-0.4, -0.2) is 144 Å². The molecule has 5 heterocycles. The molecule has 0 bridgehead atoms. The van der Waals surface area contributed by atoms with Gasteiger partial charge in [0.15, 0.2) is 23.3 Å². The molecule has 5 rings (SSSR count). The van der Waals surface area contributed by atoms with Crippen molar-refractivity contribution in [3.63, 3.8) is 0 Å². The molecular weight excluding hydrogens is 897 g/mol. The number of aromatic nitrogens is 8. The standard InChI is InChI=1S/C43H60N18O8/c1-59(15-4-9-44)16-5-10-45-34(62)6-11-47-38(66)21-31-51-24-32(55-31)56-35(63)7-12-46-37(65)20-28-18-27(22-50-28)23-53-42(68)39-52-25-33(58-39)57-36(64)8-13-49-41(67)30-19-29(26-61(30)3)54-43(69)40-48-14-17-60(40)2/h14,17-19,22,24-26,50H,4-13,15-16,20-21,23,44H2,1-3H3,(H,45,62)(H,46,65)(H,47,66)(H,49,67)(H,51,55)(H,52,58)(H,53,68)(H,54,69)(H,56,63)(H,57,64). The second-order valence-corrected chi connectivity index (χ2v) is 15.9. The lowest BCUT2D eigenvalue weighted by Gasteiger charge is -2.15. The second-order valence-electron chi connectivity index (χ2n) is 15.9. The third-order valence-corrected chi connectivity index (χ3v) is 10.2. The summed E-state index contributed by atoms with van der Waals surface area (Å²) in [6.07, 6.45) is 10.8. The van der Waals surface area contributed by atoms with Crippen molar-refractivity contribution < 1.29 is 38.4 Å². The highest BCUT2D eigenvalue weighted by Crippen LogP contribution is 2.14. The van der Waals surface area contributed by atoms with Gasteiger partial charge in [0.2, 0.25) is 29.5 Å². The van der Waals surface area contributed by atoms with Crippen molar-refractivity contribution in [3.8, 4) is 0 Å². The third kappa shape index (κ3) is 17.6. The summed E-state index contributed by atoms with van der Waals surface area (Å²) in [7, 11) is 5.34. The molecule has 0 unspecified atom stereocenters. The van der Waals surface area contributed by atoms with E-state index in [4.69, 9.17) is 5.73 Å². The first-order valence-electron chi connectivity index (χ1n) is 22.2. The van der Waals surface area contributed by atoms with E-state index in [1.165, 1.54) is 29.2 Å². The number of amides is 8. The molecule has 0 aliphatic heterocycles. The molecule has 69 heavy (non-hydrogen) atoms. The van der Waals surface area contributed by atoms with E-state index >= 15 is 0 Å². The molecule has 8 amide bonds. The van der Waals surface area contributed by atoms with Gasteiger partial charge in [-0.1, -0.05) is 0 Å². The van der Waals surface area contributed by atoms with Crippen molar-refractivity contribution in [2.24, 2.45) is 19.8 Å². The number of hydrogen-bond acceptors (Lipinski definition) is 13. The van der Waals surface area contributed by atoms with Crippen LogP contribution in [0, 0.1) is 0 Å². The number of anilines is 3. The lowest BCUT2D eigenvalue weighted by Crippen LogP contribution is -2.33. The highest BCUT2D eigenvalue weighted by Gasteiger charge is 2.18. The lowest BCUT2D eigenvalue weighted by atomic mass is 10.2. The smallest absolute Gasteiger partial charge is 0.291 e. The monoisotopic (exact) mass is 956 g/mol. The Bertz CT molecular complexity index is 2550. The fraction of sp³-hybridized carbons (Fsp3) is 0.419. The Kier molecular flexibility index (Phi) is 19.7. The molecule has 0 fully saturated rings. The number of aryl methyl sites for hydroxylation is 2. The van der Waals surface area contributed by atoms with E-state index in [0.717, 1.165) is 25.9 Å². The molecule has 0 saturated heterocycles. The summed E-state index contributed by atoms with van der Waals surface area (Å²) in [6, 6.07) is 3.21. The van der Waals surface area contributed by atoms with Gasteiger partial charge in [0.25, 0.3) is 17.7 Å². The van der Waals surface area contributed by atoms with E-state index in [0.29, 0.717) is 35.9 Å². The van der Waals surface area contributed by atoms with E-state index in [9.17, 15) is 38.4 Å². The lowest BCUT2D eigenvalue weighted by molar-refractivity contribution is -0.123. The molecule has 0 aliphatic carbocycles. The van der Waals surface area contributed by atoms with E-state index in [1.54, 1.807) is 43.3 Å². The maximum atomic E-state index is 12.8.